The summed E-state index contributed by atoms with van der Waals surface area (Å²) < 4.78 is 0. The molecular formula is C17H26N2. The van der Waals surface area contributed by atoms with E-state index in [1.807, 2.05) is 0 Å². The second-order valence-corrected chi connectivity index (χ2v) is 6.01. The van der Waals surface area contributed by atoms with Crippen molar-refractivity contribution in [3.63, 3.8) is 0 Å². The van der Waals surface area contributed by atoms with Crippen LogP contribution in [-0.4, -0.2) is 30.6 Å². The van der Waals surface area contributed by atoms with Gasteiger partial charge in [-0.3, -0.25) is 4.90 Å². The van der Waals surface area contributed by atoms with E-state index in [2.05, 4.69) is 41.4 Å². The summed E-state index contributed by atoms with van der Waals surface area (Å²) in [5, 5.41) is 3.63. The van der Waals surface area contributed by atoms with Gasteiger partial charge in [-0.05, 0) is 49.3 Å². The van der Waals surface area contributed by atoms with Crippen molar-refractivity contribution in [2.24, 2.45) is 0 Å². The second-order valence-electron chi connectivity index (χ2n) is 6.01. The summed E-state index contributed by atoms with van der Waals surface area (Å²) in [5.74, 6) is 0.858. The minimum Gasteiger partial charge on any atom is -0.311 e. The molecule has 2 aliphatic carbocycles. The van der Waals surface area contributed by atoms with Crippen LogP contribution in [0.3, 0.4) is 0 Å². The first-order chi connectivity index (χ1) is 9.38. The van der Waals surface area contributed by atoms with Gasteiger partial charge >= 0.3 is 0 Å². The van der Waals surface area contributed by atoms with Crippen molar-refractivity contribution < 1.29 is 0 Å². The molecule has 0 radical (unpaired) electrons. The van der Waals surface area contributed by atoms with Gasteiger partial charge in [0.2, 0.25) is 0 Å². The molecular weight excluding hydrogens is 232 g/mol. The molecule has 2 heteroatoms. The van der Waals surface area contributed by atoms with Gasteiger partial charge < -0.3 is 5.32 Å². The van der Waals surface area contributed by atoms with Gasteiger partial charge in [-0.25, -0.2) is 0 Å². The first-order valence-electron chi connectivity index (χ1n) is 7.91. The lowest BCUT2D eigenvalue weighted by atomic mass is 10.0. The highest BCUT2D eigenvalue weighted by Crippen LogP contribution is 2.41. The standard InChI is InChI=1S/C17H26N2/c1-2-19(16-9-10-16)12-11-18-13-15-5-3-4-6-17(15)14-7-8-14/h3-6,14,16,18H,2,7-13H2,1H3. The SMILES string of the molecule is CCN(CCNCc1ccccc1C1CC1)C1CC1. The molecule has 2 saturated carbocycles. The quantitative estimate of drug-likeness (QED) is 0.721. The van der Waals surface area contributed by atoms with Crippen LogP contribution in [0.25, 0.3) is 0 Å². The molecule has 104 valence electrons. The maximum atomic E-state index is 3.63. The highest BCUT2D eigenvalue weighted by molar-refractivity contribution is 5.33. The van der Waals surface area contributed by atoms with Crippen LogP contribution in [-0.2, 0) is 6.54 Å². The third-order valence-electron chi connectivity index (χ3n) is 4.43. The molecule has 0 aliphatic heterocycles. The van der Waals surface area contributed by atoms with Crippen LogP contribution < -0.4 is 5.32 Å². The van der Waals surface area contributed by atoms with Gasteiger partial charge in [-0.2, -0.15) is 0 Å². The van der Waals surface area contributed by atoms with Crippen LogP contribution in [0.5, 0.6) is 0 Å². The molecule has 3 rings (SSSR count). The van der Waals surface area contributed by atoms with E-state index >= 15 is 0 Å². The minimum absolute atomic E-state index is 0.858. The Bertz CT molecular complexity index is 407. The third kappa shape index (κ3) is 3.58. The van der Waals surface area contributed by atoms with Crippen LogP contribution in [0.1, 0.15) is 49.7 Å². The fourth-order valence-electron chi connectivity index (χ4n) is 2.97. The van der Waals surface area contributed by atoms with Crippen LogP contribution in [0.2, 0.25) is 0 Å². The number of benzene rings is 1. The number of hydrogen-bond acceptors (Lipinski definition) is 2. The van der Waals surface area contributed by atoms with Crippen molar-refractivity contribution >= 4 is 0 Å². The van der Waals surface area contributed by atoms with Crippen molar-refractivity contribution in [2.75, 3.05) is 19.6 Å². The maximum Gasteiger partial charge on any atom is 0.0208 e. The highest BCUT2D eigenvalue weighted by atomic mass is 15.2. The second kappa shape index (κ2) is 6.06. The zero-order valence-electron chi connectivity index (χ0n) is 12.1. The largest absolute Gasteiger partial charge is 0.311 e. The summed E-state index contributed by atoms with van der Waals surface area (Å²) in [5.41, 5.74) is 3.10. The molecule has 1 aromatic carbocycles. The third-order valence-corrected chi connectivity index (χ3v) is 4.43. The van der Waals surface area contributed by atoms with E-state index in [0.717, 1.165) is 25.0 Å². The van der Waals surface area contributed by atoms with E-state index in [1.165, 1.54) is 44.3 Å². The van der Waals surface area contributed by atoms with Gasteiger partial charge in [0.25, 0.3) is 0 Å². The van der Waals surface area contributed by atoms with Crippen LogP contribution in [0, 0.1) is 0 Å². The molecule has 0 aromatic heterocycles. The first kappa shape index (κ1) is 13.1. The Labute approximate surface area is 117 Å². The van der Waals surface area contributed by atoms with E-state index in [0.29, 0.717) is 0 Å². The Morgan fingerprint density at radius 1 is 1.16 bits per heavy atom. The Morgan fingerprint density at radius 2 is 1.95 bits per heavy atom. The lowest BCUT2D eigenvalue weighted by Crippen LogP contribution is -2.33. The van der Waals surface area contributed by atoms with Gasteiger partial charge in [0, 0.05) is 25.7 Å². The fourth-order valence-corrected chi connectivity index (χ4v) is 2.97. The number of nitrogens with one attached hydrogen (secondary N) is 1. The molecule has 2 fully saturated rings. The molecule has 2 aliphatic rings. The summed E-state index contributed by atoms with van der Waals surface area (Å²) in [6, 6.07) is 9.86. The predicted molar refractivity (Wildman–Crippen MR) is 80.4 cm³/mol. The summed E-state index contributed by atoms with van der Waals surface area (Å²) in [4.78, 5) is 2.61. The summed E-state index contributed by atoms with van der Waals surface area (Å²) in [6.07, 6.45) is 5.61. The molecule has 2 nitrogen and oxygen atoms in total. The van der Waals surface area contributed by atoms with E-state index in [-0.39, 0.29) is 0 Å². The van der Waals surface area contributed by atoms with Crippen molar-refractivity contribution in [3.8, 4) is 0 Å². The number of nitrogens with zero attached hydrogens (tertiary/aromatic N) is 1. The van der Waals surface area contributed by atoms with Crippen molar-refractivity contribution in [1.82, 2.24) is 10.2 Å². The van der Waals surface area contributed by atoms with Gasteiger partial charge in [-0.15, -0.1) is 0 Å². The topological polar surface area (TPSA) is 15.3 Å². The monoisotopic (exact) mass is 258 g/mol. The number of rotatable bonds is 8. The van der Waals surface area contributed by atoms with Crippen LogP contribution in [0.15, 0.2) is 24.3 Å². The van der Waals surface area contributed by atoms with Gasteiger partial charge in [0.1, 0.15) is 0 Å². The normalized spacial score (nSPS) is 19.1. The molecule has 0 saturated heterocycles. The van der Waals surface area contributed by atoms with Gasteiger partial charge in [0.05, 0.1) is 0 Å². The zero-order valence-corrected chi connectivity index (χ0v) is 12.1. The highest BCUT2D eigenvalue weighted by Gasteiger charge is 2.27. The van der Waals surface area contributed by atoms with E-state index in [1.54, 1.807) is 5.56 Å². The van der Waals surface area contributed by atoms with Crippen LogP contribution in [0.4, 0.5) is 0 Å². The average Bonchev–Trinajstić information content (AvgIpc) is 3.30. The van der Waals surface area contributed by atoms with E-state index in [9.17, 15) is 0 Å². The Kier molecular flexibility index (Phi) is 4.19. The average molecular weight is 258 g/mol. The van der Waals surface area contributed by atoms with Gasteiger partial charge in [0.15, 0.2) is 0 Å². The molecule has 0 spiro atoms. The lowest BCUT2D eigenvalue weighted by Gasteiger charge is -2.20. The predicted octanol–water partition coefficient (Wildman–Crippen LogP) is 3.14. The zero-order chi connectivity index (χ0) is 13.1. The molecule has 1 aromatic rings. The molecule has 19 heavy (non-hydrogen) atoms. The Hall–Kier alpha value is -0.860. The van der Waals surface area contributed by atoms with Crippen molar-refractivity contribution in [3.05, 3.63) is 35.4 Å². The molecule has 0 bridgehead atoms. The van der Waals surface area contributed by atoms with Crippen molar-refractivity contribution in [1.29, 1.82) is 0 Å². The molecule has 1 N–H and O–H groups in total. The number of likely N-dealkylation sites (N-methyl/N-ethyl adjacent to an activating group) is 1. The van der Waals surface area contributed by atoms with Gasteiger partial charge in [-0.1, -0.05) is 31.2 Å². The smallest absolute Gasteiger partial charge is 0.0208 e. The summed E-state index contributed by atoms with van der Waals surface area (Å²) >= 11 is 0. The van der Waals surface area contributed by atoms with E-state index in [4.69, 9.17) is 0 Å². The molecule has 0 unspecified atom stereocenters. The summed E-state index contributed by atoms with van der Waals surface area (Å²) in [6.45, 7) is 6.83. The number of hydrogen-bond donors (Lipinski definition) is 1. The van der Waals surface area contributed by atoms with Crippen LogP contribution >= 0.6 is 0 Å². The molecule has 0 amide bonds. The maximum absolute atomic E-state index is 3.63. The lowest BCUT2D eigenvalue weighted by molar-refractivity contribution is 0.277. The molecule has 0 atom stereocenters. The first-order valence-corrected chi connectivity index (χ1v) is 7.91. The Balaban J connectivity index is 1.44. The van der Waals surface area contributed by atoms with E-state index < -0.39 is 0 Å². The van der Waals surface area contributed by atoms with Crippen molar-refractivity contribution in [2.45, 2.75) is 51.1 Å². The molecule has 0 heterocycles. The Morgan fingerprint density at radius 3 is 2.63 bits per heavy atom. The summed E-state index contributed by atoms with van der Waals surface area (Å²) in [7, 11) is 0. The minimum atomic E-state index is 0.858. The fraction of sp³-hybridized carbons (Fsp3) is 0.647.